The maximum atomic E-state index is 12.7. The van der Waals surface area contributed by atoms with Gasteiger partial charge in [0.1, 0.15) is 5.75 Å². The number of benzene rings is 2. The number of carbonyl (C=O) groups is 1. The minimum Gasteiger partial charge on any atom is -0.492 e. The second-order valence-electron chi connectivity index (χ2n) is 7.32. The van der Waals surface area contributed by atoms with Gasteiger partial charge in [0, 0.05) is 49.0 Å². The van der Waals surface area contributed by atoms with E-state index in [9.17, 15) is 4.79 Å². The topological polar surface area (TPSA) is 68.2 Å². The number of nitrogens with zero attached hydrogens (tertiary/aromatic N) is 2. The van der Waals surface area contributed by atoms with Gasteiger partial charge >= 0.3 is 6.03 Å². The lowest BCUT2D eigenvalue weighted by Crippen LogP contribution is -2.33. The highest BCUT2D eigenvalue weighted by atomic mass is 16.5. The monoisotopic (exact) mass is 414 g/mol. The van der Waals surface area contributed by atoms with Gasteiger partial charge in [0.05, 0.1) is 12.3 Å². The molecule has 0 bridgehead atoms. The summed E-state index contributed by atoms with van der Waals surface area (Å²) in [5.41, 5.74) is 4.00. The van der Waals surface area contributed by atoms with Crippen LogP contribution in [0.5, 0.6) is 5.75 Å². The number of hydrogen-bond acceptors (Lipinski definition) is 3. The molecule has 0 aliphatic carbocycles. The third kappa shape index (κ3) is 4.53. The van der Waals surface area contributed by atoms with Crippen molar-refractivity contribution in [2.45, 2.75) is 12.8 Å². The molecule has 0 spiro atoms. The number of rotatable bonds is 7. The fourth-order valence-electron chi connectivity index (χ4n) is 3.85. The third-order valence-electron chi connectivity index (χ3n) is 5.29. The molecule has 6 heteroatoms. The van der Waals surface area contributed by atoms with Gasteiger partial charge in [0.15, 0.2) is 0 Å². The van der Waals surface area contributed by atoms with Gasteiger partial charge in [-0.3, -0.25) is 4.98 Å². The molecule has 1 atom stereocenters. The summed E-state index contributed by atoms with van der Waals surface area (Å²) in [5, 5.41) is 7.10. The van der Waals surface area contributed by atoms with Gasteiger partial charge < -0.3 is 19.9 Å². The number of urea groups is 1. The normalized spacial score (nSPS) is 11.8. The molecule has 4 rings (SSSR count). The predicted molar refractivity (Wildman–Crippen MR) is 124 cm³/mol. The Morgan fingerprint density at radius 2 is 1.90 bits per heavy atom. The summed E-state index contributed by atoms with van der Waals surface area (Å²) in [7, 11) is 2.04. The SMILES string of the molecule is CCOc1ccccc1NC(=O)NC[C@H](c1cccnc1)c1cn(C)c2ccccc12. The molecule has 0 unspecified atom stereocenters. The van der Waals surface area contributed by atoms with E-state index in [1.54, 1.807) is 6.20 Å². The zero-order valence-corrected chi connectivity index (χ0v) is 17.7. The number of pyridine rings is 1. The number of carbonyl (C=O) groups excluding carboxylic acids is 1. The Hall–Kier alpha value is -3.80. The van der Waals surface area contributed by atoms with Crippen molar-refractivity contribution in [3.63, 3.8) is 0 Å². The van der Waals surface area contributed by atoms with Gasteiger partial charge in [0.2, 0.25) is 0 Å². The Bertz CT molecular complexity index is 1170. The second kappa shape index (κ2) is 9.34. The molecule has 0 fully saturated rings. The van der Waals surface area contributed by atoms with Gasteiger partial charge in [0.25, 0.3) is 0 Å². The van der Waals surface area contributed by atoms with E-state index >= 15 is 0 Å². The first kappa shape index (κ1) is 20.5. The summed E-state index contributed by atoms with van der Waals surface area (Å²) in [6.07, 6.45) is 5.75. The van der Waals surface area contributed by atoms with E-state index in [4.69, 9.17) is 4.74 Å². The van der Waals surface area contributed by atoms with Crippen LogP contribution in [0.25, 0.3) is 10.9 Å². The van der Waals surface area contributed by atoms with Crippen molar-refractivity contribution in [1.29, 1.82) is 0 Å². The zero-order valence-electron chi connectivity index (χ0n) is 17.7. The third-order valence-corrected chi connectivity index (χ3v) is 5.29. The van der Waals surface area contributed by atoms with E-state index in [0.29, 0.717) is 24.6 Å². The van der Waals surface area contributed by atoms with Crippen LogP contribution in [0, 0.1) is 0 Å². The highest BCUT2D eigenvalue weighted by Crippen LogP contribution is 2.31. The minimum atomic E-state index is -0.277. The summed E-state index contributed by atoms with van der Waals surface area (Å²) >= 11 is 0. The highest BCUT2D eigenvalue weighted by Gasteiger charge is 2.20. The highest BCUT2D eigenvalue weighted by molar-refractivity contribution is 5.91. The van der Waals surface area contributed by atoms with E-state index in [0.717, 1.165) is 16.6 Å². The molecule has 0 saturated carbocycles. The fourth-order valence-corrected chi connectivity index (χ4v) is 3.85. The average Bonchev–Trinajstić information content (AvgIpc) is 3.13. The lowest BCUT2D eigenvalue weighted by atomic mass is 9.92. The molecule has 2 amide bonds. The van der Waals surface area contributed by atoms with Gasteiger partial charge in [-0.2, -0.15) is 0 Å². The molecule has 2 N–H and O–H groups in total. The van der Waals surface area contributed by atoms with Crippen molar-refractivity contribution < 1.29 is 9.53 Å². The van der Waals surface area contributed by atoms with E-state index in [-0.39, 0.29) is 11.9 Å². The molecule has 6 nitrogen and oxygen atoms in total. The molecule has 31 heavy (non-hydrogen) atoms. The van der Waals surface area contributed by atoms with E-state index < -0.39 is 0 Å². The largest absolute Gasteiger partial charge is 0.492 e. The van der Waals surface area contributed by atoms with Crippen LogP contribution < -0.4 is 15.4 Å². The van der Waals surface area contributed by atoms with Crippen LogP contribution in [0.1, 0.15) is 24.0 Å². The lowest BCUT2D eigenvalue weighted by Gasteiger charge is -2.18. The van der Waals surface area contributed by atoms with Crippen LogP contribution in [0.2, 0.25) is 0 Å². The molecule has 4 aromatic rings. The smallest absolute Gasteiger partial charge is 0.319 e. The zero-order chi connectivity index (χ0) is 21.6. The molecular weight excluding hydrogens is 388 g/mol. The second-order valence-corrected chi connectivity index (χ2v) is 7.32. The molecular formula is C25H26N4O2. The predicted octanol–water partition coefficient (Wildman–Crippen LogP) is 4.93. The summed E-state index contributed by atoms with van der Waals surface area (Å²) in [6.45, 7) is 2.88. The Morgan fingerprint density at radius 3 is 2.71 bits per heavy atom. The minimum absolute atomic E-state index is 0.0346. The average molecular weight is 415 g/mol. The van der Waals surface area contributed by atoms with Crippen LogP contribution in [0.4, 0.5) is 10.5 Å². The Balaban J connectivity index is 1.57. The number of anilines is 1. The van der Waals surface area contributed by atoms with Gasteiger partial charge in [-0.1, -0.05) is 36.4 Å². The number of ether oxygens (including phenoxy) is 1. The molecule has 0 aliphatic heterocycles. The molecule has 0 aliphatic rings. The summed E-state index contributed by atoms with van der Waals surface area (Å²) in [4.78, 5) is 17.0. The first-order valence-corrected chi connectivity index (χ1v) is 10.4. The molecule has 0 radical (unpaired) electrons. The fraction of sp³-hybridized carbons (Fsp3) is 0.200. The van der Waals surface area contributed by atoms with Crippen LogP contribution in [0.15, 0.2) is 79.3 Å². The van der Waals surface area contributed by atoms with Crippen molar-refractivity contribution in [3.05, 3.63) is 90.4 Å². The molecule has 2 heterocycles. The number of aromatic nitrogens is 2. The number of hydrogen-bond donors (Lipinski definition) is 2. The van der Waals surface area contributed by atoms with Crippen LogP contribution in [-0.4, -0.2) is 28.7 Å². The van der Waals surface area contributed by atoms with Gasteiger partial charge in [-0.15, -0.1) is 0 Å². The van der Waals surface area contributed by atoms with Crippen molar-refractivity contribution in [1.82, 2.24) is 14.9 Å². The van der Waals surface area contributed by atoms with Crippen molar-refractivity contribution in [2.75, 3.05) is 18.5 Å². The van der Waals surface area contributed by atoms with E-state index in [2.05, 4.69) is 38.5 Å². The molecule has 158 valence electrons. The van der Waals surface area contributed by atoms with Crippen molar-refractivity contribution in [3.8, 4) is 5.75 Å². The maximum Gasteiger partial charge on any atom is 0.319 e. The summed E-state index contributed by atoms with van der Waals surface area (Å²) in [6, 6.07) is 19.4. The number of fused-ring (bicyclic) bond motifs is 1. The number of para-hydroxylation sites is 3. The summed E-state index contributed by atoms with van der Waals surface area (Å²) in [5.74, 6) is 0.616. The standard InChI is InChI=1S/C25H26N4O2/c1-3-31-24-13-7-5-11-22(24)28-25(30)27-16-20(18-9-8-14-26-15-18)21-17-29(2)23-12-6-4-10-19(21)23/h4-15,17,20H,3,16H2,1-2H3,(H2,27,28,30)/t20-/m1/s1. The van der Waals surface area contributed by atoms with Crippen LogP contribution in [0.3, 0.4) is 0 Å². The number of nitrogens with one attached hydrogen (secondary N) is 2. The van der Waals surface area contributed by atoms with Crippen LogP contribution >= 0.6 is 0 Å². The van der Waals surface area contributed by atoms with Gasteiger partial charge in [-0.05, 0) is 42.3 Å². The van der Waals surface area contributed by atoms with E-state index in [1.165, 1.54) is 5.39 Å². The Labute approximate surface area is 181 Å². The summed E-state index contributed by atoms with van der Waals surface area (Å²) < 4.78 is 7.72. The molecule has 2 aromatic carbocycles. The first-order chi connectivity index (χ1) is 15.2. The van der Waals surface area contributed by atoms with Crippen LogP contribution in [-0.2, 0) is 7.05 Å². The Morgan fingerprint density at radius 1 is 1.10 bits per heavy atom. The molecule has 2 aromatic heterocycles. The van der Waals surface area contributed by atoms with E-state index in [1.807, 2.05) is 68.7 Å². The molecule has 0 saturated heterocycles. The van der Waals surface area contributed by atoms with Crippen molar-refractivity contribution in [2.24, 2.45) is 7.05 Å². The maximum absolute atomic E-state index is 12.7. The van der Waals surface area contributed by atoms with Crippen molar-refractivity contribution >= 4 is 22.6 Å². The number of amides is 2. The Kier molecular flexibility index (Phi) is 6.17. The quantitative estimate of drug-likeness (QED) is 0.451. The lowest BCUT2D eigenvalue weighted by molar-refractivity contribution is 0.251. The first-order valence-electron chi connectivity index (χ1n) is 10.4. The van der Waals surface area contributed by atoms with Gasteiger partial charge in [-0.25, -0.2) is 4.79 Å². The number of aryl methyl sites for hydroxylation is 1.